The van der Waals surface area contributed by atoms with Crippen LogP contribution in [-0.4, -0.2) is 41.7 Å². The van der Waals surface area contributed by atoms with E-state index in [-0.39, 0.29) is 11.6 Å². The molecule has 1 atom stereocenters. The molecule has 0 spiro atoms. The predicted octanol–water partition coefficient (Wildman–Crippen LogP) is 4.14. The molecule has 0 radical (unpaired) electrons. The van der Waals surface area contributed by atoms with E-state index in [0.717, 1.165) is 37.7 Å². The molecule has 3 rings (SSSR count). The van der Waals surface area contributed by atoms with Crippen LogP contribution in [-0.2, 0) is 0 Å². The summed E-state index contributed by atoms with van der Waals surface area (Å²) in [5.74, 6) is 1.82. The van der Waals surface area contributed by atoms with Crippen molar-refractivity contribution in [3.63, 3.8) is 0 Å². The molecule has 0 saturated carbocycles. The summed E-state index contributed by atoms with van der Waals surface area (Å²) < 4.78 is 6.36. The molecule has 2 aromatic rings. The van der Waals surface area contributed by atoms with Gasteiger partial charge in [-0.15, -0.1) is 0 Å². The predicted molar refractivity (Wildman–Crippen MR) is 103 cm³/mol. The number of likely N-dealkylation sites (N-methyl/N-ethyl adjacent to an activating group) is 1. The van der Waals surface area contributed by atoms with Gasteiger partial charge in [0.2, 0.25) is 0 Å². The summed E-state index contributed by atoms with van der Waals surface area (Å²) in [6.07, 6.45) is 1.85. The minimum absolute atomic E-state index is 0.131. The third-order valence-electron chi connectivity index (χ3n) is 5.03. The molecule has 1 aliphatic heterocycles. The van der Waals surface area contributed by atoms with Gasteiger partial charge in [0.15, 0.2) is 11.6 Å². The maximum absolute atomic E-state index is 6.36. The van der Waals surface area contributed by atoms with E-state index >= 15 is 0 Å². The first-order valence-electron chi connectivity index (χ1n) is 9.24. The highest BCUT2D eigenvalue weighted by Crippen LogP contribution is 2.45. The zero-order chi connectivity index (χ0) is 17.9. The molecule has 1 aliphatic rings. The Morgan fingerprint density at radius 2 is 1.80 bits per heavy atom. The van der Waals surface area contributed by atoms with Crippen molar-refractivity contribution in [2.24, 2.45) is 0 Å². The summed E-state index contributed by atoms with van der Waals surface area (Å²) in [6.45, 7) is 12.8. The number of nitrogens with zero attached hydrogens (tertiary/aromatic N) is 3. The zero-order valence-electron chi connectivity index (χ0n) is 15.8. The number of pyridine rings is 1. The molecule has 2 heterocycles. The number of benzene rings is 1. The van der Waals surface area contributed by atoms with Crippen molar-refractivity contribution in [1.29, 1.82) is 0 Å². The lowest BCUT2D eigenvalue weighted by Crippen LogP contribution is -2.52. The normalized spacial score (nSPS) is 18.8. The third-order valence-corrected chi connectivity index (χ3v) is 5.03. The second kappa shape index (κ2) is 7.44. The lowest BCUT2D eigenvalue weighted by molar-refractivity contribution is 0.0608. The van der Waals surface area contributed by atoms with Crippen molar-refractivity contribution in [2.75, 3.05) is 31.1 Å². The zero-order valence-corrected chi connectivity index (χ0v) is 15.8. The lowest BCUT2D eigenvalue weighted by atomic mass is 9.88. The van der Waals surface area contributed by atoms with E-state index < -0.39 is 0 Å². The Hall–Kier alpha value is -2.07. The van der Waals surface area contributed by atoms with E-state index in [4.69, 9.17) is 4.74 Å². The van der Waals surface area contributed by atoms with Gasteiger partial charge in [-0.2, -0.15) is 0 Å². The maximum Gasteiger partial charge on any atom is 0.172 e. The Kier molecular flexibility index (Phi) is 5.28. The first kappa shape index (κ1) is 17.7. The van der Waals surface area contributed by atoms with Crippen molar-refractivity contribution in [3.8, 4) is 5.75 Å². The molecule has 0 fully saturated rings. The molecule has 0 N–H and O–H groups in total. The fraction of sp³-hybridized carbons (Fsp3) is 0.476. The second-order valence-electron chi connectivity index (χ2n) is 7.06. The molecular weight excluding hydrogens is 310 g/mol. The molecule has 0 bridgehead atoms. The van der Waals surface area contributed by atoms with Gasteiger partial charge in [-0.05, 0) is 44.6 Å². The van der Waals surface area contributed by atoms with Crippen LogP contribution < -0.4 is 9.64 Å². The van der Waals surface area contributed by atoms with Crippen molar-refractivity contribution >= 4 is 5.82 Å². The van der Waals surface area contributed by atoms with E-state index in [9.17, 15) is 0 Å². The van der Waals surface area contributed by atoms with Crippen molar-refractivity contribution in [1.82, 2.24) is 9.88 Å². The Bertz CT molecular complexity index is 683. The topological polar surface area (TPSA) is 28.6 Å². The van der Waals surface area contributed by atoms with Crippen molar-refractivity contribution in [3.05, 3.63) is 54.2 Å². The van der Waals surface area contributed by atoms with Crippen molar-refractivity contribution < 1.29 is 4.74 Å². The van der Waals surface area contributed by atoms with Gasteiger partial charge in [-0.1, -0.05) is 44.2 Å². The van der Waals surface area contributed by atoms with Crippen LogP contribution in [0.4, 0.5) is 5.82 Å². The molecule has 0 aliphatic carbocycles. The Balaban J connectivity index is 2.00. The largest absolute Gasteiger partial charge is 0.481 e. The van der Waals surface area contributed by atoms with Gasteiger partial charge in [0, 0.05) is 19.3 Å². The number of fused-ring (bicyclic) bond motifs is 1. The standard InChI is InChI=1S/C21H29N3O/c1-5-23(6-2)15-16-24-19(17-11-8-7-9-12-17)21(3,4)25-18-13-10-14-22-20(18)24/h7-14,19H,5-6,15-16H2,1-4H3. The number of hydrogen-bond acceptors (Lipinski definition) is 4. The van der Waals surface area contributed by atoms with E-state index in [1.54, 1.807) is 0 Å². The average molecular weight is 339 g/mol. The van der Waals surface area contributed by atoms with Gasteiger partial charge < -0.3 is 14.5 Å². The third kappa shape index (κ3) is 3.64. The summed E-state index contributed by atoms with van der Waals surface area (Å²) >= 11 is 0. The first-order valence-corrected chi connectivity index (χ1v) is 9.24. The van der Waals surface area contributed by atoms with Gasteiger partial charge in [0.25, 0.3) is 0 Å². The summed E-state index contributed by atoms with van der Waals surface area (Å²) in [6, 6.07) is 14.7. The van der Waals surface area contributed by atoms with Crippen LogP contribution in [0.25, 0.3) is 0 Å². The summed E-state index contributed by atoms with van der Waals surface area (Å²) in [5.41, 5.74) is 0.934. The lowest BCUT2D eigenvalue weighted by Gasteiger charge is -2.48. The minimum atomic E-state index is -0.333. The van der Waals surface area contributed by atoms with Gasteiger partial charge in [-0.25, -0.2) is 4.98 Å². The van der Waals surface area contributed by atoms with Crippen LogP contribution in [0.2, 0.25) is 0 Å². The van der Waals surface area contributed by atoms with E-state index in [1.165, 1.54) is 5.56 Å². The SMILES string of the molecule is CCN(CC)CCN1c2ncccc2OC(C)(C)C1c1ccccc1. The second-order valence-corrected chi connectivity index (χ2v) is 7.06. The molecule has 4 nitrogen and oxygen atoms in total. The molecule has 1 aromatic carbocycles. The highest BCUT2D eigenvalue weighted by atomic mass is 16.5. The molecule has 0 amide bonds. The smallest absolute Gasteiger partial charge is 0.172 e. The van der Waals surface area contributed by atoms with Crippen molar-refractivity contribution in [2.45, 2.75) is 39.3 Å². The van der Waals surface area contributed by atoms with Crippen LogP contribution in [0.5, 0.6) is 5.75 Å². The Labute approximate surface area is 151 Å². The van der Waals surface area contributed by atoms with Gasteiger partial charge in [-0.3, -0.25) is 0 Å². The van der Waals surface area contributed by atoms with Gasteiger partial charge in [0.1, 0.15) is 5.60 Å². The fourth-order valence-corrected chi connectivity index (χ4v) is 3.76. The fourth-order valence-electron chi connectivity index (χ4n) is 3.76. The first-order chi connectivity index (χ1) is 12.1. The van der Waals surface area contributed by atoms with Crippen LogP contribution in [0.15, 0.2) is 48.7 Å². The molecule has 1 unspecified atom stereocenters. The maximum atomic E-state index is 6.36. The number of aromatic nitrogens is 1. The number of hydrogen-bond donors (Lipinski definition) is 0. The Morgan fingerprint density at radius 3 is 2.48 bits per heavy atom. The summed E-state index contributed by atoms with van der Waals surface area (Å²) in [5, 5.41) is 0. The van der Waals surface area contributed by atoms with Gasteiger partial charge in [0.05, 0.1) is 6.04 Å². The van der Waals surface area contributed by atoms with E-state index in [2.05, 4.69) is 72.8 Å². The summed E-state index contributed by atoms with van der Waals surface area (Å²) in [4.78, 5) is 9.53. The molecule has 134 valence electrons. The highest BCUT2D eigenvalue weighted by molar-refractivity contribution is 5.57. The van der Waals surface area contributed by atoms with Crippen LogP contribution in [0.3, 0.4) is 0 Å². The highest BCUT2D eigenvalue weighted by Gasteiger charge is 2.43. The van der Waals surface area contributed by atoms with E-state index in [1.807, 2.05) is 18.3 Å². The van der Waals surface area contributed by atoms with Crippen LogP contribution in [0, 0.1) is 0 Å². The molecule has 1 aromatic heterocycles. The number of rotatable bonds is 6. The summed E-state index contributed by atoms with van der Waals surface area (Å²) in [7, 11) is 0. The molecule has 0 saturated heterocycles. The quantitative estimate of drug-likeness (QED) is 0.791. The molecular formula is C21H29N3O. The molecule has 4 heteroatoms. The number of anilines is 1. The van der Waals surface area contributed by atoms with E-state index in [0.29, 0.717) is 0 Å². The minimum Gasteiger partial charge on any atom is -0.481 e. The monoisotopic (exact) mass is 339 g/mol. The Morgan fingerprint density at radius 1 is 1.08 bits per heavy atom. The van der Waals surface area contributed by atoms with Gasteiger partial charge >= 0.3 is 0 Å². The van der Waals surface area contributed by atoms with Crippen LogP contribution >= 0.6 is 0 Å². The molecule has 25 heavy (non-hydrogen) atoms. The van der Waals surface area contributed by atoms with Crippen LogP contribution in [0.1, 0.15) is 39.3 Å². The number of ether oxygens (including phenoxy) is 1. The average Bonchev–Trinajstić information content (AvgIpc) is 2.62.